The number of nitrogens with one attached hydrogen (secondary N) is 1. The summed E-state index contributed by atoms with van der Waals surface area (Å²) in [5, 5.41) is 2.62. The number of amides is 1. The van der Waals surface area contributed by atoms with Gasteiger partial charge >= 0.3 is 0 Å². The number of thioether (sulfide) groups is 1. The molecule has 1 amide bonds. The highest BCUT2D eigenvalue weighted by Crippen LogP contribution is 2.32. The Labute approximate surface area is 204 Å². The first-order valence-electron chi connectivity index (χ1n) is 10.7. The molecule has 0 saturated carbocycles. The second-order valence-corrected chi connectivity index (χ2v) is 9.86. The Hall–Kier alpha value is -3.09. The fourth-order valence-corrected chi connectivity index (χ4v) is 4.62. The van der Waals surface area contributed by atoms with Crippen molar-refractivity contribution in [1.82, 2.24) is 5.32 Å². The third-order valence-electron chi connectivity index (χ3n) is 5.49. The van der Waals surface area contributed by atoms with E-state index in [1.807, 2.05) is 42.5 Å². The molecule has 1 saturated heterocycles. The number of rotatable bonds is 8. The van der Waals surface area contributed by atoms with Crippen LogP contribution < -0.4 is 14.8 Å². The van der Waals surface area contributed by atoms with Crippen molar-refractivity contribution in [2.24, 2.45) is 0 Å². The zero-order valence-electron chi connectivity index (χ0n) is 18.5. The van der Waals surface area contributed by atoms with Crippen LogP contribution in [0.4, 0.5) is 0 Å². The molecule has 1 aliphatic rings. The van der Waals surface area contributed by atoms with Gasteiger partial charge in [0.2, 0.25) is 0 Å². The minimum atomic E-state index is -0.164. The Kier molecular flexibility index (Phi) is 7.16. The minimum Gasteiger partial charge on any atom is -0.490 e. The molecule has 0 spiro atoms. The Morgan fingerprint density at radius 1 is 0.879 bits per heavy atom. The summed E-state index contributed by atoms with van der Waals surface area (Å²) < 4.78 is 12.2. The van der Waals surface area contributed by atoms with Crippen LogP contribution >= 0.6 is 24.0 Å². The molecule has 168 valence electrons. The molecule has 0 atom stereocenters. The number of hydrogen-bond acceptors (Lipinski definition) is 5. The van der Waals surface area contributed by atoms with Crippen molar-refractivity contribution in [2.75, 3.05) is 13.2 Å². The first-order chi connectivity index (χ1) is 15.9. The van der Waals surface area contributed by atoms with E-state index in [1.165, 1.54) is 22.9 Å². The topological polar surface area (TPSA) is 47.6 Å². The van der Waals surface area contributed by atoms with Crippen LogP contribution in [0.2, 0.25) is 0 Å². The fraction of sp³-hybridized carbons (Fsp3) is 0.185. The standard InChI is InChI=1S/C27H25NO3S2/c1-27(2,20-8-4-3-5-9-20)21-11-13-22(14-12-21)30-15-16-31-23-10-6-7-19(17-23)18-24-25(29)28-26(32)33-24/h3-14,17-18H,15-16H2,1-2H3,(H,28,29,32). The summed E-state index contributed by atoms with van der Waals surface area (Å²) in [6, 6.07) is 26.3. The van der Waals surface area contributed by atoms with E-state index in [0.717, 1.165) is 17.1 Å². The average molecular weight is 476 g/mol. The summed E-state index contributed by atoms with van der Waals surface area (Å²) in [6.45, 7) is 5.29. The highest BCUT2D eigenvalue weighted by Gasteiger charge is 2.23. The van der Waals surface area contributed by atoms with E-state index in [0.29, 0.717) is 22.4 Å². The molecule has 0 aromatic heterocycles. The van der Waals surface area contributed by atoms with Gasteiger partial charge in [0.15, 0.2) is 0 Å². The van der Waals surface area contributed by atoms with E-state index >= 15 is 0 Å². The third kappa shape index (κ3) is 5.83. The largest absolute Gasteiger partial charge is 0.490 e. The Balaban J connectivity index is 1.29. The lowest BCUT2D eigenvalue weighted by atomic mass is 9.78. The lowest BCUT2D eigenvalue weighted by Gasteiger charge is -2.26. The Morgan fingerprint density at radius 3 is 2.21 bits per heavy atom. The van der Waals surface area contributed by atoms with Gasteiger partial charge in [-0.1, -0.05) is 92.4 Å². The zero-order valence-corrected chi connectivity index (χ0v) is 20.2. The molecule has 1 N–H and O–H groups in total. The van der Waals surface area contributed by atoms with Crippen LogP contribution in [-0.2, 0) is 10.2 Å². The smallest absolute Gasteiger partial charge is 0.263 e. The number of carbonyl (C=O) groups is 1. The number of thiocarbonyl (C=S) groups is 1. The normalized spacial score (nSPS) is 14.9. The molecule has 1 aliphatic heterocycles. The van der Waals surface area contributed by atoms with Crippen molar-refractivity contribution in [3.63, 3.8) is 0 Å². The van der Waals surface area contributed by atoms with Crippen molar-refractivity contribution in [1.29, 1.82) is 0 Å². The van der Waals surface area contributed by atoms with Crippen LogP contribution in [0.5, 0.6) is 11.5 Å². The van der Waals surface area contributed by atoms with E-state index in [4.69, 9.17) is 21.7 Å². The maximum absolute atomic E-state index is 11.8. The van der Waals surface area contributed by atoms with Crippen LogP contribution in [0, 0.1) is 0 Å². The molecule has 0 radical (unpaired) electrons. The predicted molar refractivity (Wildman–Crippen MR) is 139 cm³/mol. The van der Waals surface area contributed by atoms with E-state index in [-0.39, 0.29) is 11.3 Å². The van der Waals surface area contributed by atoms with Crippen molar-refractivity contribution in [3.05, 3.63) is 100 Å². The molecule has 4 nitrogen and oxygen atoms in total. The van der Waals surface area contributed by atoms with Gasteiger partial charge in [-0.05, 0) is 47.0 Å². The second-order valence-electron chi connectivity index (χ2n) is 8.14. The minimum absolute atomic E-state index is 0.0776. The van der Waals surface area contributed by atoms with Crippen LogP contribution in [0.1, 0.15) is 30.5 Å². The van der Waals surface area contributed by atoms with Crippen LogP contribution in [0.15, 0.2) is 83.8 Å². The number of hydrogen-bond donors (Lipinski definition) is 1. The molecule has 6 heteroatoms. The van der Waals surface area contributed by atoms with Crippen molar-refractivity contribution in [3.8, 4) is 11.5 Å². The van der Waals surface area contributed by atoms with Gasteiger partial charge in [0.25, 0.3) is 5.91 Å². The third-order valence-corrected chi connectivity index (χ3v) is 6.65. The van der Waals surface area contributed by atoms with Gasteiger partial charge in [-0.15, -0.1) is 0 Å². The second kappa shape index (κ2) is 10.2. The van der Waals surface area contributed by atoms with Crippen LogP contribution in [-0.4, -0.2) is 23.4 Å². The van der Waals surface area contributed by atoms with E-state index < -0.39 is 0 Å². The SMILES string of the molecule is CC(C)(c1ccccc1)c1ccc(OCCOc2cccc(C=C3SC(=S)NC3=O)c2)cc1. The molecule has 3 aromatic carbocycles. The molecule has 1 fully saturated rings. The first kappa shape index (κ1) is 23.1. The average Bonchev–Trinajstić information content (AvgIpc) is 3.14. The summed E-state index contributed by atoms with van der Waals surface area (Å²) in [7, 11) is 0. The van der Waals surface area contributed by atoms with Gasteiger partial charge in [0, 0.05) is 5.41 Å². The molecule has 3 aromatic rings. The maximum Gasteiger partial charge on any atom is 0.263 e. The van der Waals surface area contributed by atoms with E-state index in [9.17, 15) is 4.79 Å². The fourth-order valence-electron chi connectivity index (χ4n) is 3.57. The molecule has 0 unspecified atom stereocenters. The number of benzene rings is 3. The van der Waals surface area contributed by atoms with Gasteiger partial charge < -0.3 is 14.8 Å². The molecule has 0 bridgehead atoms. The molecule has 4 rings (SSSR count). The summed E-state index contributed by atoms with van der Waals surface area (Å²) in [5.74, 6) is 1.37. The summed E-state index contributed by atoms with van der Waals surface area (Å²) in [5.41, 5.74) is 3.32. The summed E-state index contributed by atoms with van der Waals surface area (Å²) in [4.78, 5) is 12.4. The maximum atomic E-state index is 11.8. The number of carbonyl (C=O) groups excluding carboxylic acids is 1. The first-order valence-corrected chi connectivity index (χ1v) is 11.9. The lowest BCUT2D eigenvalue weighted by molar-refractivity contribution is -0.115. The monoisotopic (exact) mass is 475 g/mol. The highest BCUT2D eigenvalue weighted by atomic mass is 32.2. The van der Waals surface area contributed by atoms with Gasteiger partial charge in [-0.25, -0.2) is 0 Å². The van der Waals surface area contributed by atoms with Crippen molar-refractivity contribution >= 4 is 40.3 Å². The van der Waals surface area contributed by atoms with Crippen LogP contribution in [0.3, 0.4) is 0 Å². The highest BCUT2D eigenvalue weighted by molar-refractivity contribution is 8.26. The molecule has 0 aliphatic carbocycles. The summed E-state index contributed by atoms with van der Waals surface area (Å²) in [6.07, 6.45) is 1.81. The van der Waals surface area contributed by atoms with Gasteiger partial charge in [0.1, 0.15) is 29.0 Å². The Morgan fingerprint density at radius 2 is 1.55 bits per heavy atom. The molecule has 33 heavy (non-hydrogen) atoms. The van der Waals surface area contributed by atoms with Gasteiger partial charge in [-0.2, -0.15) is 0 Å². The van der Waals surface area contributed by atoms with E-state index in [2.05, 4.69) is 55.6 Å². The zero-order chi connectivity index (χ0) is 23.3. The molecular formula is C27H25NO3S2. The number of ether oxygens (including phenoxy) is 2. The molecular weight excluding hydrogens is 450 g/mol. The molecule has 1 heterocycles. The summed E-state index contributed by atoms with van der Waals surface area (Å²) >= 11 is 6.29. The lowest BCUT2D eigenvalue weighted by Crippen LogP contribution is -2.18. The quantitative estimate of drug-likeness (QED) is 0.247. The van der Waals surface area contributed by atoms with Crippen molar-refractivity contribution < 1.29 is 14.3 Å². The van der Waals surface area contributed by atoms with Crippen LogP contribution in [0.25, 0.3) is 6.08 Å². The van der Waals surface area contributed by atoms with Gasteiger partial charge in [-0.3, -0.25) is 4.79 Å². The van der Waals surface area contributed by atoms with E-state index in [1.54, 1.807) is 6.08 Å². The van der Waals surface area contributed by atoms with Gasteiger partial charge in [0.05, 0.1) is 4.91 Å². The Bertz CT molecular complexity index is 1170. The van der Waals surface area contributed by atoms with Crippen molar-refractivity contribution in [2.45, 2.75) is 19.3 Å². The predicted octanol–water partition coefficient (Wildman–Crippen LogP) is 5.96.